The molecule has 206 valence electrons. The molecule has 0 bridgehead atoms. The van der Waals surface area contributed by atoms with Gasteiger partial charge in [-0.3, -0.25) is 9.59 Å². The summed E-state index contributed by atoms with van der Waals surface area (Å²) in [6.07, 6.45) is 1.49. The van der Waals surface area contributed by atoms with Crippen LogP contribution in [0.5, 0.6) is 11.5 Å². The summed E-state index contributed by atoms with van der Waals surface area (Å²) in [7, 11) is 1.50. The van der Waals surface area contributed by atoms with E-state index in [1.54, 1.807) is 61.5 Å². The Bertz CT molecular complexity index is 1490. The summed E-state index contributed by atoms with van der Waals surface area (Å²) in [6.45, 7) is 4.18. The Hall–Kier alpha value is -4.33. The van der Waals surface area contributed by atoms with Gasteiger partial charge < -0.3 is 29.8 Å². The van der Waals surface area contributed by atoms with E-state index >= 15 is 0 Å². The predicted octanol–water partition coefficient (Wildman–Crippen LogP) is 6.05. The molecule has 0 saturated carbocycles. The van der Waals surface area contributed by atoms with E-state index in [0.717, 1.165) is 11.8 Å². The SMILES string of the molecule is CCOc1ccc(NC(=O)C2=C(C)NC(SCC(=O)Nc3cc(Cl)ccc3OC)=C(C#N)[C@@H]2c2ccco2)cc1. The molecule has 2 amide bonds. The lowest BCUT2D eigenvalue weighted by Gasteiger charge is -2.28. The Labute approximate surface area is 241 Å². The highest BCUT2D eigenvalue weighted by Crippen LogP contribution is 2.41. The second-order valence-corrected chi connectivity index (χ2v) is 9.98. The molecule has 9 nitrogen and oxygen atoms in total. The molecule has 0 aliphatic carbocycles. The number of methoxy groups -OCH3 is 1. The van der Waals surface area contributed by atoms with Crippen LogP contribution in [0, 0.1) is 11.3 Å². The number of anilines is 2. The van der Waals surface area contributed by atoms with Crippen molar-refractivity contribution < 1.29 is 23.5 Å². The predicted molar refractivity (Wildman–Crippen MR) is 155 cm³/mol. The molecule has 2 heterocycles. The quantitative estimate of drug-likeness (QED) is 0.265. The first kappa shape index (κ1) is 28.7. The van der Waals surface area contributed by atoms with Crippen molar-refractivity contribution >= 4 is 46.6 Å². The first-order valence-corrected chi connectivity index (χ1v) is 13.7. The van der Waals surface area contributed by atoms with E-state index in [1.165, 1.54) is 13.4 Å². The molecule has 40 heavy (non-hydrogen) atoms. The van der Waals surface area contributed by atoms with Crippen molar-refractivity contribution in [3.63, 3.8) is 0 Å². The molecular weight excluding hydrogens is 552 g/mol. The molecule has 1 atom stereocenters. The van der Waals surface area contributed by atoms with E-state index < -0.39 is 11.8 Å². The van der Waals surface area contributed by atoms with Crippen LogP contribution < -0.4 is 25.4 Å². The van der Waals surface area contributed by atoms with E-state index in [-0.39, 0.29) is 17.2 Å². The number of benzene rings is 2. The van der Waals surface area contributed by atoms with E-state index in [1.807, 2.05) is 6.92 Å². The molecule has 4 rings (SSSR count). The summed E-state index contributed by atoms with van der Waals surface area (Å²) in [6, 6.07) is 17.6. The number of ether oxygens (including phenoxy) is 2. The highest BCUT2D eigenvalue weighted by molar-refractivity contribution is 8.03. The molecule has 1 aromatic heterocycles. The van der Waals surface area contributed by atoms with Gasteiger partial charge in [0.2, 0.25) is 5.91 Å². The molecule has 0 saturated heterocycles. The maximum atomic E-state index is 13.5. The number of nitriles is 1. The Kier molecular flexibility index (Phi) is 9.43. The van der Waals surface area contributed by atoms with E-state index in [9.17, 15) is 14.9 Å². The van der Waals surface area contributed by atoms with E-state index in [4.69, 9.17) is 25.5 Å². The Morgan fingerprint density at radius 3 is 2.60 bits per heavy atom. The van der Waals surface area contributed by atoms with Gasteiger partial charge >= 0.3 is 0 Å². The summed E-state index contributed by atoms with van der Waals surface area (Å²) >= 11 is 7.21. The Morgan fingerprint density at radius 1 is 1.18 bits per heavy atom. The molecule has 3 N–H and O–H groups in total. The highest BCUT2D eigenvalue weighted by atomic mass is 35.5. The number of carbonyl (C=O) groups is 2. The molecule has 0 fully saturated rings. The van der Waals surface area contributed by atoms with Gasteiger partial charge in [0.05, 0.1) is 59.6 Å². The third kappa shape index (κ3) is 6.62. The zero-order valence-corrected chi connectivity index (χ0v) is 23.6. The topological polar surface area (TPSA) is 126 Å². The maximum Gasteiger partial charge on any atom is 0.254 e. The normalized spacial score (nSPS) is 14.7. The number of hydrogen-bond donors (Lipinski definition) is 3. The molecule has 0 unspecified atom stereocenters. The molecule has 0 spiro atoms. The number of dihydropyridines is 1. The fourth-order valence-electron chi connectivity index (χ4n) is 4.17. The number of nitrogens with one attached hydrogen (secondary N) is 3. The number of nitrogens with zero attached hydrogens (tertiary/aromatic N) is 1. The molecule has 0 radical (unpaired) electrons. The fraction of sp³-hybridized carbons (Fsp3) is 0.207. The van der Waals surface area contributed by atoms with Gasteiger partial charge in [-0.25, -0.2) is 0 Å². The number of furan rings is 1. The summed E-state index contributed by atoms with van der Waals surface area (Å²) in [5.74, 6) is 0.0800. The molecule has 11 heteroatoms. The van der Waals surface area contributed by atoms with Gasteiger partial charge in [-0.15, -0.1) is 0 Å². The zero-order valence-electron chi connectivity index (χ0n) is 22.0. The number of halogens is 1. The van der Waals surface area contributed by atoms with Gasteiger partial charge in [0.15, 0.2) is 0 Å². The third-order valence-corrected chi connectivity index (χ3v) is 7.18. The van der Waals surface area contributed by atoms with Gasteiger partial charge in [0.25, 0.3) is 5.91 Å². The highest BCUT2D eigenvalue weighted by Gasteiger charge is 2.36. The summed E-state index contributed by atoms with van der Waals surface area (Å²) in [5, 5.41) is 19.9. The molecule has 3 aromatic rings. The lowest BCUT2D eigenvalue weighted by Crippen LogP contribution is -2.31. The summed E-state index contributed by atoms with van der Waals surface area (Å²) in [4.78, 5) is 26.3. The van der Waals surface area contributed by atoms with Crippen molar-refractivity contribution in [2.24, 2.45) is 0 Å². The van der Waals surface area contributed by atoms with Gasteiger partial charge in [-0.2, -0.15) is 5.26 Å². The van der Waals surface area contributed by atoms with Crippen LogP contribution in [0.2, 0.25) is 5.02 Å². The van der Waals surface area contributed by atoms with E-state index in [0.29, 0.717) is 56.6 Å². The Balaban J connectivity index is 1.56. The number of rotatable bonds is 10. The summed E-state index contributed by atoms with van der Waals surface area (Å²) in [5.41, 5.74) is 2.13. The molecule has 2 aromatic carbocycles. The molecule has 1 aliphatic rings. The van der Waals surface area contributed by atoms with E-state index in [2.05, 4.69) is 22.0 Å². The van der Waals surface area contributed by atoms with Crippen molar-refractivity contribution in [3.05, 3.63) is 93.5 Å². The Morgan fingerprint density at radius 2 is 1.95 bits per heavy atom. The first-order valence-electron chi connectivity index (χ1n) is 12.3. The number of thioether (sulfide) groups is 1. The van der Waals surface area contributed by atoms with Crippen molar-refractivity contribution in [1.29, 1.82) is 5.26 Å². The minimum absolute atomic E-state index is 0.0188. The number of amides is 2. The van der Waals surface area contributed by atoms with Gasteiger partial charge in [0, 0.05) is 16.4 Å². The van der Waals surface area contributed by atoms with Crippen molar-refractivity contribution in [2.75, 3.05) is 30.1 Å². The lowest BCUT2D eigenvalue weighted by atomic mass is 9.85. The molecule has 1 aliphatic heterocycles. The number of carbonyl (C=O) groups excluding carboxylic acids is 2. The zero-order chi connectivity index (χ0) is 28.6. The smallest absolute Gasteiger partial charge is 0.254 e. The minimum atomic E-state index is -0.775. The minimum Gasteiger partial charge on any atom is -0.495 e. The van der Waals surface area contributed by atoms with Crippen molar-refractivity contribution in [2.45, 2.75) is 19.8 Å². The van der Waals surface area contributed by atoms with Crippen LogP contribution in [0.4, 0.5) is 11.4 Å². The second kappa shape index (κ2) is 13.2. The van der Waals surface area contributed by atoms with Gasteiger partial charge in [0.1, 0.15) is 17.3 Å². The first-order chi connectivity index (χ1) is 19.3. The third-order valence-electron chi connectivity index (χ3n) is 5.93. The molecular formula is C29H27ClN4O5S. The van der Waals surface area contributed by atoms with Crippen molar-refractivity contribution in [1.82, 2.24) is 5.32 Å². The van der Waals surface area contributed by atoms with Crippen LogP contribution in [0.3, 0.4) is 0 Å². The van der Waals surface area contributed by atoms with Crippen LogP contribution in [0.1, 0.15) is 25.5 Å². The summed E-state index contributed by atoms with van der Waals surface area (Å²) < 4.78 is 16.4. The fourth-order valence-corrected chi connectivity index (χ4v) is 5.23. The lowest BCUT2D eigenvalue weighted by molar-refractivity contribution is -0.114. The van der Waals surface area contributed by atoms with Crippen LogP contribution in [0.25, 0.3) is 0 Å². The van der Waals surface area contributed by atoms with Crippen LogP contribution in [-0.4, -0.2) is 31.3 Å². The number of hydrogen-bond acceptors (Lipinski definition) is 8. The average Bonchev–Trinajstić information content (AvgIpc) is 3.47. The van der Waals surface area contributed by atoms with Crippen LogP contribution in [0.15, 0.2) is 87.1 Å². The van der Waals surface area contributed by atoms with Crippen molar-refractivity contribution in [3.8, 4) is 17.6 Å². The second-order valence-electron chi connectivity index (χ2n) is 8.56. The monoisotopic (exact) mass is 578 g/mol. The number of allylic oxidation sites excluding steroid dienone is 2. The van der Waals surface area contributed by atoms with Gasteiger partial charge in [-0.05, 0) is 68.4 Å². The van der Waals surface area contributed by atoms with Gasteiger partial charge in [-0.1, -0.05) is 23.4 Å². The largest absolute Gasteiger partial charge is 0.495 e. The maximum absolute atomic E-state index is 13.5. The van der Waals surface area contributed by atoms with Crippen LogP contribution in [-0.2, 0) is 9.59 Å². The average molecular weight is 579 g/mol. The van der Waals surface area contributed by atoms with Crippen LogP contribution >= 0.6 is 23.4 Å². The standard InChI is InChI=1S/C29H27ClN4O5S/c1-4-38-20-10-8-19(9-11-20)33-28(36)26-17(2)32-29(21(15-31)27(26)24-6-5-13-39-24)40-16-25(35)34-22-14-18(30)7-12-23(22)37-3/h5-14,27,32H,4,16H2,1-3H3,(H,33,36)(H,34,35)/t27-/m1/s1.